The van der Waals surface area contributed by atoms with Gasteiger partial charge in [0.1, 0.15) is 0 Å². The zero-order valence-corrected chi connectivity index (χ0v) is 13.7. The lowest BCUT2D eigenvalue weighted by Crippen LogP contribution is -2.09. The number of nitrogens with zero attached hydrogens (tertiary/aromatic N) is 2. The maximum atomic E-state index is 4.47. The van der Waals surface area contributed by atoms with Crippen LogP contribution >= 0.6 is 15.9 Å². The highest BCUT2D eigenvalue weighted by molar-refractivity contribution is 9.10. The number of halogens is 1. The fraction of sp³-hybridized carbons (Fsp3) is 0.400. The van der Waals surface area contributed by atoms with E-state index in [4.69, 9.17) is 0 Å². The molecule has 19 heavy (non-hydrogen) atoms. The molecule has 0 radical (unpaired) electrons. The molecule has 0 fully saturated rings. The zero-order valence-electron chi connectivity index (χ0n) is 12.1. The maximum Gasteiger partial charge on any atom is 0.0649 e. The van der Waals surface area contributed by atoms with Crippen molar-refractivity contribution in [2.24, 2.45) is 7.05 Å². The fourth-order valence-electron chi connectivity index (χ4n) is 2.46. The van der Waals surface area contributed by atoms with Crippen molar-refractivity contribution < 1.29 is 0 Å². The Morgan fingerprint density at radius 1 is 1.26 bits per heavy atom. The van der Waals surface area contributed by atoms with Crippen molar-refractivity contribution >= 4 is 21.6 Å². The number of aromatic nitrogens is 2. The number of benzene rings is 1. The molecule has 102 valence electrons. The first-order chi connectivity index (χ1) is 8.90. The van der Waals surface area contributed by atoms with Crippen molar-refractivity contribution in [3.8, 4) is 0 Å². The molecule has 1 atom stereocenters. The monoisotopic (exact) mass is 321 g/mol. The maximum absolute atomic E-state index is 4.47. The smallest absolute Gasteiger partial charge is 0.0649 e. The van der Waals surface area contributed by atoms with Crippen LogP contribution in [0, 0.1) is 20.8 Å². The highest BCUT2D eigenvalue weighted by atomic mass is 79.9. The summed E-state index contributed by atoms with van der Waals surface area (Å²) >= 11 is 3.61. The normalized spacial score (nSPS) is 12.5. The molecule has 1 aromatic heterocycles. The largest absolute Gasteiger partial charge is 0.377 e. The highest BCUT2D eigenvalue weighted by Gasteiger charge is 2.16. The van der Waals surface area contributed by atoms with E-state index in [2.05, 4.69) is 72.2 Å². The van der Waals surface area contributed by atoms with Crippen LogP contribution in [0.2, 0.25) is 0 Å². The van der Waals surface area contributed by atoms with Gasteiger partial charge in [0.05, 0.1) is 11.7 Å². The van der Waals surface area contributed by atoms with Crippen LogP contribution in [0.5, 0.6) is 0 Å². The van der Waals surface area contributed by atoms with Crippen LogP contribution in [-0.2, 0) is 7.05 Å². The van der Waals surface area contributed by atoms with Gasteiger partial charge in [0.15, 0.2) is 0 Å². The van der Waals surface area contributed by atoms with Crippen LogP contribution in [0.3, 0.4) is 0 Å². The molecule has 3 nitrogen and oxygen atoms in total. The summed E-state index contributed by atoms with van der Waals surface area (Å²) in [5.74, 6) is 0. The van der Waals surface area contributed by atoms with Crippen LogP contribution in [0.25, 0.3) is 0 Å². The first-order valence-electron chi connectivity index (χ1n) is 6.43. The van der Waals surface area contributed by atoms with E-state index in [1.807, 2.05) is 11.7 Å². The number of hydrogen-bond donors (Lipinski definition) is 1. The van der Waals surface area contributed by atoms with Crippen LogP contribution in [-0.4, -0.2) is 9.78 Å². The van der Waals surface area contributed by atoms with Gasteiger partial charge in [-0.25, -0.2) is 0 Å². The van der Waals surface area contributed by atoms with Crippen LogP contribution < -0.4 is 5.32 Å². The van der Waals surface area contributed by atoms with Crippen LogP contribution in [0.15, 0.2) is 22.7 Å². The van der Waals surface area contributed by atoms with Crippen molar-refractivity contribution in [2.75, 3.05) is 5.32 Å². The van der Waals surface area contributed by atoms with Crippen molar-refractivity contribution in [1.29, 1.82) is 0 Å². The van der Waals surface area contributed by atoms with E-state index in [1.165, 1.54) is 16.8 Å². The van der Waals surface area contributed by atoms with Crippen LogP contribution in [0.4, 0.5) is 5.69 Å². The van der Waals surface area contributed by atoms with Gasteiger partial charge in [0.25, 0.3) is 0 Å². The van der Waals surface area contributed by atoms with Gasteiger partial charge in [-0.05, 0) is 61.3 Å². The Labute approximate surface area is 123 Å². The van der Waals surface area contributed by atoms with E-state index in [0.717, 1.165) is 15.9 Å². The average molecular weight is 322 g/mol. The Bertz CT molecular complexity index is 602. The third-order valence-electron chi connectivity index (χ3n) is 3.49. The molecule has 0 amide bonds. The molecule has 1 aromatic carbocycles. The number of rotatable bonds is 3. The molecule has 4 heteroatoms. The summed E-state index contributed by atoms with van der Waals surface area (Å²) in [5, 5.41) is 8.02. The number of anilines is 1. The summed E-state index contributed by atoms with van der Waals surface area (Å²) in [6, 6.07) is 6.57. The Balaban J connectivity index is 2.28. The summed E-state index contributed by atoms with van der Waals surface area (Å²) in [6.45, 7) is 8.43. The standard InChI is InChI=1S/C15H20BrN3/c1-9-6-7-14(13(16)8-9)17-10(2)15-11(3)18-19(5)12(15)4/h6-8,10,17H,1-5H3. The number of aryl methyl sites for hydroxylation is 3. The summed E-state index contributed by atoms with van der Waals surface area (Å²) in [5.41, 5.74) is 5.93. The molecule has 0 aliphatic heterocycles. The molecule has 0 saturated heterocycles. The average Bonchev–Trinajstić information content (AvgIpc) is 2.57. The van der Waals surface area contributed by atoms with Gasteiger partial charge in [-0.2, -0.15) is 5.10 Å². The minimum Gasteiger partial charge on any atom is -0.377 e. The van der Waals surface area contributed by atoms with Crippen molar-refractivity contribution in [3.05, 3.63) is 45.2 Å². The Morgan fingerprint density at radius 3 is 2.47 bits per heavy atom. The van der Waals surface area contributed by atoms with E-state index in [1.54, 1.807) is 0 Å². The Morgan fingerprint density at radius 2 is 1.95 bits per heavy atom. The molecule has 1 N–H and O–H groups in total. The third kappa shape index (κ3) is 2.84. The lowest BCUT2D eigenvalue weighted by Gasteiger charge is -2.17. The summed E-state index contributed by atoms with van der Waals surface area (Å²) in [4.78, 5) is 0. The van der Waals surface area contributed by atoms with Gasteiger partial charge < -0.3 is 5.32 Å². The molecule has 0 spiro atoms. The second kappa shape index (κ2) is 5.37. The molecule has 0 saturated carbocycles. The summed E-state index contributed by atoms with van der Waals surface area (Å²) < 4.78 is 3.03. The van der Waals surface area contributed by atoms with Gasteiger partial charge in [0.2, 0.25) is 0 Å². The predicted octanol–water partition coefficient (Wildman–Crippen LogP) is 4.28. The van der Waals surface area contributed by atoms with E-state index < -0.39 is 0 Å². The quantitative estimate of drug-likeness (QED) is 0.914. The lowest BCUT2D eigenvalue weighted by molar-refractivity contribution is 0.728. The van der Waals surface area contributed by atoms with E-state index >= 15 is 0 Å². The van der Waals surface area contributed by atoms with Crippen LogP contribution in [0.1, 0.15) is 35.5 Å². The molecule has 2 rings (SSSR count). The minimum absolute atomic E-state index is 0.229. The predicted molar refractivity (Wildman–Crippen MR) is 83.6 cm³/mol. The van der Waals surface area contributed by atoms with Gasteiger partial charge in [0, 0.05) is 28.5 Å². The SMILES string of the molecule is Cc1ccc(NC(C)c2c(C)nn(C)c2C)c(Br)c1. The lowest BCUT2D eigenvalue weighted by atomic mass is 10.1. The second-order valence-corrected chi connectivity index (χ2v) is 5.91. The highest BCUT2D eigenvalue weighted by Crippen LogP contribution is 2.29. The van der Waals surface area contributed by atoms with Gasteiger partial charge in [-0.1, -0.05) is 6.07 Å². The Kier molecular flexibility index (Phi) is 3.99. The molecule has 0 aliphatic carbocycles. The van der Waals surface area contributed by atoms with E-state index in [9.17, 15) is 0 Å². The van der Waals surface area contributed by atoms with Gasteiger partial charge in [-0.3, -0.25) is 4.68 Å². The molecular formula is C15H20BrN3. The topological polar surface area (TPSA) is 29.9 Å². The van der Waals surface area contributed by atoms with Gasteiger partial charge in [-0.15, -0.1) is 0 Å². The summed E-state index contributed by atoms with van der Waals surface area (Å²) in [6.07, 6.45) is 0. The van der Waals surface area contributed by atoms with Crippen molar-refractivity contribution in [3.63, 3.8) is 0 Å². The number of nitrogens with one attached hydrogen (secondary N) is 1. The first-order valence-corrected chi connectivity index (χ1v) is 7.22. The minimum atomic E-state index is 0.229. The fourth-order valence-corrected chi connectivity index (χ4v) is 3.07. The van der Waals surface area contributed by atoms with Crippen molar-refractivity contribution in [2.45, 2.75) is 33.7 Å². The molecule has 1 heterocycles. The third-order valence-corrected chi connectivity index (χ3v) is 4.15. The number of hydrogen-bond acceptors (Lipinski definition) is 2. The molecular weight excluding hydrogens is 302 g/mol. The Hall–Kier alpha value is -1.29. The molecule has 0 bridgehead atoms. The van der Waals surface area contributed by atoms with Crippen molar-refractivity contribution in [1.82, 2.24) is 9.78 Å². The molecule has 0 aliphatic rings. The molecule has 1 unspecified atom stereocenters. The van der Waals surface area contributed by atoms with E-state index in [0.29, 0.717) is 0 Å². The van der Waals surface area contributed by atoms with E-state index in [-0.39, 0.29) is 6.04 Å². The zero-order chi connectivity index (χ0) is 14.2. The molecule has 2 aromatic rings. The van der Waals surface area contributed by atoms with Gasteiger partial charge >= 0.3 is 0 Å². The second-order valence-electron chi connectivity index (χ2n) is 5.06. The summed E-state index contributed by atoms with van der Waals surface area (Å²) in [7, 11) is 1.99. The first kappa shape index (κ1) is 14.1.